The molecule has 1 aromatic carbocycles. The lowest BCUT2D eigenvalue weighted by molar-refractivity contribution is -0.123. The van der Waals surface area contributed by atoms with E-state index < -0.39 is 0 Å². The number of fused-ring (bicyclic) bond motifs is 1. The molecular formula is C14H18N2O. The molecule has 1 aromatic rings. The van der Waals surface area contributed by atoms with Crippen LogP contribution in [0.3, 0.4) is 0 Å². The highest BCUT2D eigenvalue weighted by molar-refractivity contribution is 5.87. The molecule has 3 atom stereocenters. The summed E-state index contributed by atoms with van der Waals surface area (Å²) in [6, 6.07) is 8.53. The predicted octanol–water partition coefficient (Wildman–Crippen LogP) is 1.05. The Morgan fingerprint density at radius 1 is 1.35 bits per heavy atom. The third-order valence-corrected chi connectivity index (χ3v) is 4.02. The minimum absolute atomic E-state index is 0.0824. The van der Waals surface area contributed by atoms with Crippen LogP contribution in [0.25, 0.3) is 0 Å². The second kappa shape index (κ2) is 4.15. The van der Waals surface area contributed by atoms with Crippen molar-refractivity contribution in [2.45, 2.75) is 25.3 Å². The van der Waals surface area contributed by atoms with Crippen LogP contribution in [0.15, 0.2) is 24.3 Å². The van der Waals surface area contributed by atoms with Gasteiger partial charge in [-0.15, -0.1) is 0 Å². The number of hydrogen-bond acceptors (Lipinski definition) is 2. The topological polar surface area (TPSA) is 41.1 Å². The second-order valence-corrected chi connectivity index (χ2v) is 5.21. The monoisotopic (exact) mass is 230 g/mol. The maximum Gasteiger partial charge on any atom is 0.228 e. The average Bonchev–Trinajstić information content (AvgIpc) is 2.66. The van der Waals surface area contributed by atoms with Gasteiger partial charge in [-0.05, 0) is 30.0 Å². The number of carbonyl (C=O) groups is 1. The molecule has 1 aliphatic carbocycles. The van der Waals surface area contributed by atoms with Crippen molar-refractivity contribution in [1.82, 2.24) is 10.6 Å². The van der Waals surface area contributed by atoms with Gasteiger partial charge in [-0.3, -0.25) is 4.79 Å². The predicted molar refractivity (Wildman–Crippen MR) is 66.9 cm³/mol. The standard InChI is InChI=1S/C14H18N2O/c1-9-7-15-8-13(9)16-14(17)12-6-10-4-2-3-5-11(10)12/h2-5,9,12-13,15H,6-8H2,1H3,(H,16,17). The van der Waals surface area contributed by atoms with Gasteiger partial charge in [-0.2, -0.15) is 0 Å². The highest BCUT2D eigenvalue weighted by Crippen LogP contribution is 2.35. The van der Waals surface area contributed by atoms with Crippen LogP contribution in [0.5, 0.6) is 0 Å². The summed E-state index contributed by atoms with van der Waals surface area (Å²) in [6.07, 6.45) is 0.899. The number of benzene rings is 1. The summed E-state index contributed by atoms with van der Waals surface area (Å²) >= 11 is 0. The molecule has 3 nitrogen and oxygen atoms in total. The molecule has 3 rings (SSSR count). The van der Waals surface area contributed by atoms with Crippen molar-refractivity contribution in [1.29, 1.82) is 0 Å². The van der Waals surface area contributed by atoms with Crippen molar-refractivity contribution in [2.75, 3.05) is 13.1 Å². The maximum absolute atomic E-state index is 12.2. The molecule has 1 fully saturated rings. The van der Waals surface area contributed by atoms with E-state index in [1.165, 1.54) is 11.1 Å². The molecule has 0 radical (unpaired) electrons. The summed E-state index contributed by atoms with van der Waals surface area (Å²) in [5.74, 6) is 0.817. The fourth-order valence-corrected chi connectivity index (χ4v) is 2.78. The van der Waals surface area contributed by atoms with Crippen LogP contribution in [0.4, 0.5) is 0 Å². The van der Waals surface area contributed by atoms with E-state index in [0.29, 0.717) is 12.0 Å². The van der Waals surface area contributed by atoms with E-state index in [0.717, 1.165) is 19.5 Å². The van der Waals surface area contributed by atoms with Gasteiger partial charge in [0.25, 0.3) is 0 Å². The lowest BCUT2D eigenvalue weighted by Gasteiger charge is -2.30. The summed E-state index contributed by atoms with van der Waals surface area (Å²) in [7, 11) is 0. The first-order chi connectivity index (χ1) is 8.25. The van der Waals surface area contributed by atoms with Crippen molar-refractivity contribution < 1.29 is 4.79 Å². The van der Waals surface area contributed by atoms with E-state index in [1.807, 2.05) is 12.1 Å². The van der Waals surface area contributed by atoms with E-state index in [1.54, 1.807) is 0 Å². The summed E-state index contributed by atoms with van der Waals surface area (Å²) in [5.41, 5.74) is 2.54. The Morgan fingerprint density at radius 3 is 2.88 bits per heavy atom. The quantitative estimate of drug-likeness (QED) is 0.797. The van der Waals surface area contributed by atoms with Gasteiger partial charge >= 0.3 is 0 Å². The molecule has 0 bridgehead atoms. The first-order valence-electron chi connectivity index (χ1n) is 6.34. The zero-order valence-electron chi connectivity index (χ0n) is 10.1. The van der Waals surface area contributed by atoms with Crippen LogP contribution < -0.4 is 10.6 Å². The molecule has 0 aromatic heterocycles. The fraction of sp³-hybridized carbons (Fsp3) is 0.500. The number of nitrogens with one attached hydrogen (secondary N) is 2. The Labute approximate surface area is 102 Å². The summed E-state index contributed by atoms with van der Waals surface area (Å²) in [4.78, 5) is 12.2. The lowest BCUT2D eigenvalue weighted by atomic mass is 9.77. The molecule has 3 unspecified atom stereocenters. The first kappa shape index (κ1) is 10.8. The van der Waals surface area contributed by atoms with Crippen molar-refractivity contribution in [2.24, 2.45) is 5.92 Å². The van der Waals surface area contributed by atoms with Crippen LogP contribution in [0.2, 0.25) is 0 Å². The highest BCUT2D eigenvalue weighted by atomic mass is 16.2. The number of rotatable bonds is 2. The van der Waals surface area contributed by atoms with Crippen molar-refractivity contribution >= 4 is 5.91 Å². The second-order valence-electron chi connectivity index (χ2n) is 5.21. The number of amides is 1. The molecule has 90 valence electrons. The zero-order chi connectivity index (χ0) is 11.8. The molecular weight excluding hydrogens is 212 g/mol. The Hall–Kier alpha value is -1.35. The van der Waals surface area contributed by atoms with Crippen LogP contribution in [0.1, 0.15) is 24.0 Å². The molecule has 1 amide bonds. The Morgan fingerprint density at radius 2 is 2.18 bits per heavy atom. The van der Waals surface area contributed by atoms with Crippen molar-refractivity contribution in [3.8, 4) is 0 Å². The molecule has 2 N–H and O–H groups in total. The van der Waals surface area contributed by atoms with Crippen LogP contribution in [0, 0.1) is 5.92 Å². The van der Waals surface area contributed by atoms with E-state index in [9.17, 15) is 4.79 Å². The van der Waals surface area contributed by atoms with Gasteiger partial charge in [0.1, 0.15) is 0 Å². The minimum Gasteiger partial charge on any atom is -0.351 e. The van der Waals surface area contributed by atoms with Crippen molar-refractivity contribution in [3.63, 3.8) is 0 Å². The normalized spacial score (nSPS) is 30.5. The van der Waals surface area contributed by atoms with E-state index in [2.05, 4.69) is 29.7 Å². The summed E-state index contributed by atoms with van der Waals surface area (Å²) < 4.78 is 0. The Kier molecular flexibility index (Phi) is 2.63. The van der Waals surface area contributed by atoms with E-state index in [-0.39, 0.29) is 11.8 Å². The fourth-order valence-electron chi connectivity index (χ4n) is 2.78. The molecule has 2 aliphatic rings. The Balaban J connectivity index is 1.65. The van der Waals surface area contributed by atoms with Gasteiger partial charge < -0.3 is 10.6 Å². The third kappa shape index (κ3) is 1.84. The highest BCUT2D eigenvalue weighted by Gasteiger charge is 2.34. The average molecular weight is 230 g/mol. The van der Waals surface area contributed by atoms with Gasteiger partial charge in [-0.25, -0.2) is 0 Å². The molecule has 1 heterocycles. The van der Waals surface area contributed by atoms with Gasteiger partial charge in [0.05, 0.1) is 5.92 Å². The summed E-state index contributed by atoms with van der Waals surface area (Å²) in [5, 5.41) is 6.48. The van der Waals surface area contributed by atoms with Crippen LogP contribution in [-0.4, -0.2) is 25.0 Å². The summed E-state index contributed by atoms with van der Waals surface area (Å²) in [6.45, 7) is 4.09. The van der Waals surface area contributed by atoms with Crippen molar-refractivity contribution in [3.05, 3.63) is 35.4 Å². The molecule has 0 saturated carbocycles. The van der Waals surface area contributed by atoms with Gasteiger partial charge in [-0.1, -0.05) is 31.2 Å². The molecule has 1 aliphatic heterocycles. The van der Waals surface area contributed by atoms with Gasteiger partial charge in [0.2, 0.25) is 5.91 Å². The van der Waals surface area contributed by atoms with E-state index in [4.69, 9.17) is 0 Å². The maximum atomic E-state index is 12.2. The third-order valence-electron chi connectivity index (χ3n) is 4.02. The number of hydrogen-bond donors (Lipinski definition) is 2. The SMILES string of the molecule is CC1CNCC1NC(=O)C1Cc2ccccc21. The molecule has 1 saturated heterocycles. The largest absolute Gasteiger partial charge is 0.351 e. The lowest BCUT2D eigenvalue weighted by Crippen LogP contribution is -2.44. The molecule has 3 heteroatoms. The smallest absolute Gasteiger partial charge is 0.228 e. The minimum atomic E-state index is 0.0824. The number of carbonyl (C=O) groups excluding carboxylic acids is 1. The van der Waals surface area contributed by atoms with Crippen LogP contribution >= 0.6 is 0 Å². The van der Waals surface area contributed by atoms with Gasteiger partial charge in [0, 0.05) is 12.6 Å². The van der Waals surface area contributed by atoms with E-state index >= 15 is 0 Å². The first-order valence-corrected chi connectivity index (χ1v) is 6.34. The molecule has 17 heavy (non-hydrogen) atoms. The zero-order valence-corrected chi connectivity index (χ0v) is 10.1. The van der Waals surface area contributed by atoms with Gasteiger partial charge in [0.15, 0.2) is 0 Å². The Bertz CT molecular complexity index is 444. The molecule has 0 spiro atoms. The van der Waals surface area contributed by atoms with Crippen LogP contribution in [-0.2, 0) is 11.2 Å².